The molecule has 2 saturated carbocycles. The van der Waals surface area contributed by atoms with E-state index in [1.54, 1.807) is 19.2 Å². The van der Waals surface area contributed by atoms with Crippen LogP contribution in [0.3, 0.4) is 0 Å². The van der Waals surface area contributed by atoms with Gasteiger partial charge in [0.05, 0.1) is 23.8 Å². The van der Waals surface area contributed by atoms with Gasteiger partial charge in [0.2, 0.25) is 5.88 Å². The van der Waals surface area contributed by atoms with Crippen LogP contribution < -0.4 is 15.6 Å². The monoisotopic (exact) mass is 390 g/mol. The molecule has 2 aliphatic rings. The van der Waals surface area contributed by atoms with Crippen LogP contribution in [0, 0.1) is 5.41 Å². The van der Waals surface area contributed by atoms with Crippen molar-refractivity contribution in [1.82, 2.24) is 20.5 Å². The van der Waals surface area contributed by atoms with Crippen molar-refractivity contribution in [2.75, 3.05) is 7.11 Å². The van der Waals surface area contributed by atoms with Crippen LogP contribution >= 0.6 is 0 Å². The minimum Gasteiger partial charge on any atom is -0.481 e. The second kappa shape index (κ2) is 6.69. The molecule has 0 unspecified atom stereocenters. The van der Waals surface area contributed by atoms with Gasteiger partial charge in [0, 0.05) is 29.6 Å². The molecular formula is C22H22N4O3. The molecule has 1 amide bonds. The zero-order valence-corrected chi connectivity index (χ0v) is 16.1. The van der Waals surface area contributed by atoms with Gasteiger partial charge in [-0.15, -0.1) is 0 Å². The molecule has 3 aromatic rings. The maximum Gasteiger partial charge on any atom is 0.272 e. The predicted molar refractivity (Wildman–Crippen MR) is 108 cm³/mol. The molecule has 0 radical (unpaired) electrons. The number of amides is 1. The summed E-state index contributed by atoms with van der Waals surface area (Å²) in [5.41, 5.74) is 1.68. The highest BCUT2D eigenvalue weighted by Gasteiger charge is 2.54. The van der Waals surface area contributed by atoms with Crippen molar-refractivity contribution in [3.8, 4) is 5.88 Å². The lowest BCUT2D eigenvalue weighted by Crippen LogP contribution is -2.55. The highest BCUT2D eigenvalue weighted by atomic mass is 16.5. The van der Waals surface area contributed by atoms with Crippen LogP contribution in [0.15, 0.2) is 47.4 Å². The normalized spacial score (nSPS) is 25.3. The van der Waals surface area contributed by atoms with E-state index in [9.17, 15) is 9.59 Å². The van der Waals surface area contributed by atoms with Crippen LogP contribution in [0.1, 0.15) is 47.7 Å². The van der Waals surface area contributed by atoms with Gasteiger partial charge in [-0.1, -0.05) is 18.2 Å². The van der Waals surface area contributed by atoms with Gasteiger partial charge < -0.3 is 10.1 Å². The summed E-state index contributed by atoms with van der Waals surface area (Å²) < 4.78 is 5.02. The fourth-order valence-corrected chi connectivity index (χ4v) is 4.95. The Hall–Kier alpha value is -3.22. The first-order valence-corrected chi connectivity index (χ1v) is 9.85. The number of nitrogens with zero attached hydrogens (tertiary/aromatic N) is 2. The number of benzene rings is 1. The van der Waals surface area contributed by atoms with Gasteiger partial charge >= 0.3 is 0 Å². The van der Waals surface area contributed by atoms with Crippen LogP contribution in [0.25, 0.3) is 10.8 Å². The van der Waals surface area contributed by atoms with E-state index in [2.05, 4.69) is 20.5 Å². The van der Waals surface area contributed by atoms with Gasteiger partial charge in [-0.2, -0.15) is 5.10 Å². The van der Waals surface area contributed by atoms with Crippen LogP contribution in [0.5, 0.6) is 5.88 Å². The van der Waals surface area contributed by atoms with Crippen LogP contribution in [-0.4, -0.2) is 34.2 Å². The Kier molecular flexibility index (Phi) is 4.12. The molecule has 2 heterocycles. The van der Waals surface area contributed by atoms with Crippen molar-refractivity contribution < 1.29 is 9.53 Å². The second-order valence-corrected chi connectivity index (χ2v) is 8.26. The summed E-state index contributed by atoms with van der Waals surface area (Å²) in [6.45, 7) is 0. The van der Waals surface area contributed by atoms with Gasteiger partial charge in [0.15, 0.2) is 0 Å². The van der Waals surface area contributed by atoms with Gasteiger partial charge in [-0.3, -0.25) is 9.59 Å². The number of aromatic amines is 1. The fraction of sp³-hybridized carbons (Fsp3) is 0.364. The van der Waals surface area contributed by atoms with Crippen molar-refractivity contribution in [1.29, 1.82) is 0 Å². The maximum absolute atomic E-state index is 12.4. The molecule has 0 atom stereocenters. The third-order valence-corrected chi connectivity index (χ3v) is 6.37. The molecule has 1 aromatic carbocycles. The summed E-state index contributed by atoms with van der Waals surface area (Å²) in [5.74, 6) is 0.761. The molecule has 0 saturated heterocycles. The number of hydrogen-bond acceptors (Lipinski definition) is 5. The summed E-state index contributed by atoms with van der Waals surface area (Å²) in [4.78, 5) is 28.5. The van der Waals surface area contributed by atoms with Gasteiger partial charge in [0.1, 0.15) is 0 Å². The van der Waals surface area contributed by atoms with Crippen molar-refractivity contribution in [2.45, 2.75) is 37.6 Å². The van der Waals surface area contributed by atoms with Crippen molar-refractivity contribution >= 4 is 16.7 Å². The van der Waals surface area contributed by atoms with Crippen LogP contribution in [0.4, 0.5) is 0 Å². The van der Waals surface area contributed by atoms with E-state index in [1.165, 1.54) is 6.20 Å². The molecule has 5 rings (SSSR count). The molecule has 2 aromatic heterocycles. The minimum atomic E-state index is -0.141. The molecule has 2 fully saturated rings. The Morgan fingerprint density at radius 1 is 1.14 bits per heavy atom. The Bertz CT molecular complexity index is 1120. The molecular weight excluding hydrogens is 368 g/mol. The molecule has 2 aliphatic carbocycles. The number of rotatable bonds is 4. The number of carbonyl (C=O) groups is 1. The summed E-state index contributed by atoms with van der Waals surface area (Å²) in [6.07, 6.45) is 5.61. The average Bonchev–Trinajstić information content (AvgIpc) is 2.70. The summed E-state index contributed by atoms with van der Waals surface area (Å²) >= 11 is 0. The first-order valence-electron chi connectivity index (χ1n) is 9.85. The van der Waals surface area contributed by atoms with E-state index in [0.29, 0.717) is 28.2 Å². The lowest BCUT2D eigenvalue weighted by molar-refractivity contribution is -0.0196. The highest BCUT2D eigenvalue weighted by molar-refractivity contribution is 5.94. The van der Waals surface area contributed by atoms with E-state index in [-0.39, 0.29) is 17.5 Å². The minimum absolute atomic E-state index is 0.0934. The number of aromatic nitrogens is 3. The first-order chi connectivity index (χ1) is 14.1. The largest absolute Gasteiger partial charge is 0.481 e. The van der Waals surface area contributed by atoms with E-state index in [0.717, 1.165) is 36.8 Å². The fourth-order valence-electron chi connectivity index (χ4n) is 4.95. The van der Waals surface area contributed by atoms with Gasteiger partial charge in [-0.25, -0.2) is 10.1 Å². The van der Waals surface area contributed by atoms with E-state index >= 15 is 0 Å². The van der Waals surface area contributed by atoms with Crippen LogP contribution in [0.2, 0.25) is 0 Å². The average molecular weight is 390 g/mol. The van der Waals surface area contributed by atoms with Crippen molar-refractivity contribution in [3.05, 3.63) is 64.2 Å². The van der Waals surface area contributed by atoms with Crippen LogP contribution in [-0.2, 0) is 0 Å². The molecule has 2 N–H and O–H groups in total. The SMILES string of the molecule is COc1ccc(C(=O)NC2CC3(C2)CC(c2n[nH]c(=O)c4ccccc24)C3)cn1. The molecule has 7 nitrogen and oxygen atoms in total. The standard InChI is InChI=1S/C22H22N4O3/c1-29-18-7-6-13(12-23-18)20(27)24-15-10-22(11-15)8-14(9-22)19-16-4-2-3-5-17(16)21(28)26-25-19/h2-7,12,14-15H,8-11H2,1H3,(H,24,27)(H,26,28). The number of methoxy groups -OCH3 is 1. The third kappa shape index (κ3) is 3.06. The maximum atomic E-state index is 12.4. The lowest BCUT2D eigenvalue weighted by Gasteiger charge is -2.57. The van der Waals surface area contributed by atoms with E-state index < -0.39 is 0 Å². The molecule has 0 bridgehead atoms. The second-order valence-electron chi connectivity index (χ2n) is 8.26. The number of ether oxygens (including phenoxy) is 1. The Morgan fingerprint density at radius 2 is 1.90 bits per heavy atom. The van der Waals surface area contributed by atoms with Gasteiger partial charge in [-0.05, 0) is 43.2 Å². The molecule has 0 aliphatic heterocycles. The number of carbonyl (C=O) groups excluding carboxylic acids is 1. The molecule has 148 valence electrons. The predicted octanol–water partition coefficient (Wildman–Crippen LogP) is 2.78. The molecule has 7 heteroatoms. The number of fused-ring (bicyclic) bond motifs is 1. The summed E-state index contributed by atoms with van der Waals surface area (Å²) in [5, 5.41) is 11.7. The smallest absolute Gasteiger partial charge is 0.272 e. The van der Waals surface area contributed by atoms with E-state index in [4.69, 9.17) is 4.74 Å². The highest BCUT2D eigenvalue weighted by Crippen LogP contribution is 2.62. The Morgan fingerprint density at radius 3 is 2.59 bits per heavy atom. The van der Waals surface area contributed by atoms with Gasteiger partial charge in [0.25, 0.3) is 11.5 Å². The Balaban J connectivity index is 1.20. The number of pyridine rings is 1. The molecule has 1 spiro atoms. The van der Waals surface area contributed by atoms with Crippen molar-refractivity contribution in [2.24, 2.45) is 5.41 Å². The topological polar surface area (TPSA) is 97.0 Å². The summed E-state index contributed by atoms with van der Waals surface area (Å²) in [7, 11) is 1.55. The number of H-pyrrole nitrogens is 1. The molecule has 29 heavy (non-hydrogen) atoms. The first kappa shape index (κ1) is 17.8. The van der Waals surface area contributed by atoms with Crippen molar-refractivity contribution in [3.63, 3.8) is 0 Å². The lowest BCUT2D eigenvalue weighted by atomic mass is 9.49. The number of hydrogen-bond donors (Lipinski definition) is 2. The zero-order valence-electron chi connectivity index (χ0n) is 16.1. The summed E-state index contributed by atoms with van der Waals surface area (Å²) in [6, 6.07) is 11.3. The third-order valence-electron chi connectivity index (χ3n) is 6.37. The Labute approximate surface area is 167 Å². The quantitative estimate of drug-likeness (QED) is 0.714. The van der Waals surface area contributed by atoms with E-state index in [1.807, 2.05) is 24.3 Å². The zero-order chi connectivity index (χ0) is 20.0. The number of nitrogens with one attached hydrogen (secondary N) is 2.